The molecule has 3 aromatic carbocycles. The fourth-order valence-electron chi connectivity index (χ4n) is 8.29. The second-order valence-electron chi connectivity index (χ2n) is 16.1. The van der Waals surface area contributed by atoms with E-state index in [2.05, 4.69) is 19.9 Å². The summed E-state index contributed by atoms with van der Waals surface area (Å²) in [6, 6.07) is 5.74. The lowest BCUT2D eigenvalue weighted by Gasteiger charge is -2.20. The number of aliphatic hydroxyl groups is 6. The molecule has 5 heterocycles. The van der Waals surface area contributed by atoms with E-state index < -0.39 is 209 Å². The SMILES string of the molecule is NCC(O)C(O)c1c(F)c(F)c(-c2c3nc(c4ccc([nH]4)c(-c4c(F)c(F)c(C(O)C(O)CN)c(F)c4F)c4ccc([nH]4)c(-c4c(F)c(F)c(C(O)C(O)CN)c(F)c4F)c4ccc2[nH]4)C=C3)c(F)c1F. The first-order valence-corrected chi connectivity index (χ1v) is 20.7. The van der Waals surface area contributed by atoms with E-state index in [0.29, 0.717) is 0 Å². The molecular weight excluding hydrogens is 975 g/mol. The molecule has 71 heavy (non-hydrogen) atoms. The Balaban J connectivity index is 1.58. The molecule has 7 aromatic rings. The summed E-state index contributed by atoms with van der Waals surface area (Å²) < 4.78 is 195. The summed E-state index contributed by atoms with van der Waals surface area (Å²) in [5.74, 6) is -26.9. The van der Waals surface area contributed by atoms with Crippen molar-refractivity contribution in [3.05, 3.63) is 134 Å². The molecular formula is C46H35F12N7O6. The van der Waals surface area contributed by atoms with E-state index in [0.717, 1.165) is 48.6 Å². The number of nitrogens with two attached hydrogens (primary N) is 3. The van der Waals surface area contributed by atoms with Crippen LogP contribution < -0.4 is 17.2 Å². The van der Waals surface area contributed by atoms with Gasteiger partial charge in [0.1, 0.15) is 18.3 Å². The number of H-pyrrole nitrogens is 3. The van der Waals surface area contributed by atoms with Gasteiger partial charge in [0.05, 0.1) is 68.6 Å². The molecule has 0 saturated carbocycles. The Labute approximate surface area is 389 Å². The van der Waals surface area contributed by atoms with Gasteiger partial charge in [0, 0.05) is 63.9 Å². The summed E-state index contributed by atoms with van der Waals surface area (Å²) in [6.07, 6.45) is -12.2. The Kier molecular flexibility index (Phi) is 13.6. The Morgan fingerprint density at radius 1 is 0.338 bits per heavy atom. The minimum Gasteiger partial charge on any atom is -0.389 e. The van der Waals surface area contributed by atoms with Gasteiger partial charge in [0.2, 0.25) is 0 Å². The minimum atomic E-state index is -2.68. The molecule has 15 N–H and O–H groups in total. The molecule has 4 aromatic heterocycles. The first kappa shape index (κ1) is 50.6. The van der Waals surface area contributed by atoms with Crippen LogP contribution in [0.4, 0.5) is 52.7 Å². The summed E-state index contributed by atoms with van der Waals surface area (Å²) in [5.41, 5.74) is -0.774. The number of nitrogens with one attached hydrogen (secondary N) is 3. The van der Waals surface area contributed by atoms with E-state index in [1.165, 1.54) is 0 Å². The van der Waals surface area contributed by atoms with E-state index in [1.54, 1.807) is 0 Å². The fraction of sp³-hybridized carbons (Fsp3) is 0.196. The maximum absolute atomic E-state index is 16.6. The fourth-order valence-corrected chi connectivity index (χ4v) is 8.29. The van der Waals surface area contributed by atoms with Gasteiger partial charge in [0.25, 0.3) is 0 Å². The standard InChI is InChI=1S/C46H35F12N7O6/c47-32-26(33(48)39(54)29(38(32)53)44(69)20(66)9-59)23-14-3-1-12(62-14)13-2-4-15(63-13)24(27-34(49)40(55)30(41(56)35(27)50)45(70)21(67)10-60)17-6-8-19(65-17)25(18-7-5-16(23)64-18)28-36(51)42(57)31(43(58)37(28)52)46(71)22(68)11-61/h1-8,20-22,44-46,62,64-71H,9-11,59-61H2. The van der Waals surface area contributed by atoms with E-state index in [1.807, 2.05) is 0 Å². The first-order chi connectivity index (χ1) is 33.6. The molecule has 0 aliphatic carbocycles. The van der Waals surface area contributed by atoms with Crippen LogP contribution in [0.5, 0.6) is 0 Å². The van der Waals surface area contributed by atoms with Crippen molar-refractivity contribution in [3.8, 4) is 33.4 Å². The average molecular weight is 1010 g/mol. The smallest absolute Gasteiger partial charge is 0.170 e. The van der Waals surface area contributed by atoms with Crippen molar-refractivity contribution in [1.29, 1.82) is 0 Å². The molecule has 0 radical (unpaired) electrons. The second-order valence-corrected chi connectivity index (χ2v) is 16.1. The Morgan fingerprint density at radius 2 is 0.577 bits per heavy atom. The van der Waals surface area contributed by atoms with Gasteiger partial charge in [-0.2, -0.15) is 0 Å². The summed E-state index contributed by atoms with van der Waals surface area (Å²) in [5, 5.41) is 61.4. The van der Waals surface area contributed by atoms with Gasteiger partial charge in [-0.1, -0.05) is 0 Å². The molecule has 1 aliphatic heterocycles. The van der Waals surface area contributed by atoms with Crippen LogP contribution in [0.2, 0.25) is 0 Å². The highest BCUT2D eigenvalue weighted by Gasteiger charge is 2.37. The number of halogens is 12. The molecule has 1 aliphatic rings. The van der Waals surface area contributed by atoms with Crippen molar-refractivity contribution in [2.75, 3.05) is 19.6 Å². The molecule has 6 atom stereocenters. The normalized spacial score (nSPS) is 14.9. The monoisotopic (exact) mass is 1010 g/mol. The van der Waals surface area contributed by atoms with Crippen LogP contribution >= 0.6 is 0 Å². The predicted molar refractivity (Wildman–Crippen MR) is 231 cm³/mol. The van der Waals surface area contributed by atoms with Crippen molar-refractivity contribution in [3.63, 3.8) is 0 Å². The zero-order chi connectivity index (χ0) is 51.8. The zero-order valence-corrected chi connectivity index (χ0v) is 35.6. The van der Waals surface area contributed by atoms with Gasteiger partial charge in [-0.3, -0.25) is 0 Å². The third kappa shape index (κ3) is 8.07. The predicted octanol–water partition coefficient (Wildman–Crippen LogP) is 6.43. The maximum Gasteiger partial charge on any atom is 0.170 e. The van der Waals surface area contributed by atoms with Crippen molar-refractivity contribution in [1.82, 2.24) is 19.9 Å². The summed E-state index contributed by atoms with van der Waals surface area (Å²) in [4.78, 5) is 12.0. The molecule has 8 bridgehead atoms. The van der Waals surface area contributed by atoms with Gasteiger partial charge in [-0.05, 0) is 48.6 Å². The van der Waals surface area contributed by atoms with Crippen LogP contribution in [0.1, 0.15) is 46.4 Å². The number of rotatable bonds is 12. The lowest BCUT2D eigenvalue weighted by molar-refractivity contribution is 0.0190. The van der Waals surface area contributed by atoms with E-state index in [4.69, 9.17) is 17.2 Å². The Hall–Kier alpha value is -6.81. The first-order valence-electron chi connectivity index (χ1n) is 20.7. The van der Waals surface area contributed by atoms with Crippen LogP contribution in [0.15, 0.2) is 36.4 Å². The molecule has 13 nitrogen and oxygen atoms in total. The number of fused-ring (bicyclic) bond motifs is 9. The number of nitrogens with zero attached hydrogens (tertiary/aromatic N) is 1. The number of hydrogen-bond acceptors (Lipinski definition) is 10. The van der Waals surface area contributed by atoms with Gasteiger partial charge in [0.15, 0.2) is 69.8 Å². The molecule has 6 unspecified atom stereocenters. The highest BCUT2D eigenvalue weighted by Crippen LogP contribution is 2.44. The number of aromatic amines is 3. The lowest BCUT2D eigenvalue weighted by Crippen LogP contribution is -2.29. The molecule has 0 spiro atoms. The van der Waals surface area contributed by atoms with Gasteiger partial charge < -0.3 is 62.8 Å². The van der Waals surface area contributed by atoms with Gasteiger partial charge >= 0.3 is 0 Å². The van der Waals surface area contributed by atoms with Gasteiger partial charge in [-0.15, -0.1) is 0 Å². The van der Waals surface area contributed by atoms with Crippen LogP contribution in [-0.2, 0) is 0 Å². The number of aliphatic hydroxyl groups excluding tert-OH is 6. The Morgan fingerprint density at radius 3 is 0.873 bits per heavy atom. The van der Waals surface area contributed by atoms with Crippen molar-refractivity contribution in [2.24, 2.45) is 17.2 Å². The van der Waals surface area contributed by atoms with Crippen molar-refractivity contribution >= 4 is 45.3 Å². The third-order valence-electron chi connectivity index (χ3n) is 11.9. The van der Waals surface area contributed by atoms with Crippen LogP contribution in [0.25, 0.3) is 78.6 Å². The van der Waals surface area contributed by atoms with Crippen LogP contribution in [0.3, 0.4) is 0 Å². The molecule has 8 rings (SSSR count). The number of benzene rings is 3. The molecule has 374 valence electrons. The number of hydrogen-bond donors (Lipinski definition) is 12. The third-order valence-corrected chi connectivity index (χ3v) is 11.9. The molecule has 25 heteroatoms. The lowest BCUT2D eigenvalue weighted by atomic mass is 9.95. The van der Waals surface area contributed by atoms with E-state index in [9.17, 15) is 30.6 Å². The van der Waals surface area contributed by atoms with Gasteiger partial charge in [-0.25, -0.2) is 57.7 Å². The van der Waals surface area contributed by atoms with E-state index in [-0.39, 0.29) is 11.2 Å². The topological polar surface area (TPSA) is 260 Å². The van der Waals surface area contributed by atoms with Crippen molar-refractivity contribution < 1.29 is 83.3 Å². The second kappa shape index (κ2) is 19.1. The summed E-state index contributed by atoms with van der Waals surface area (Å²) in [6.45, 7) is -2.55. The summed E-state index contributed by atoms with van der Waals surface area (Å²) in [7, 11) is 0. The molecule has 0 amide bonds. The minimum absolute atomic E-state index is 0.145. The maximum atomic E-state index is 16.6. The quantitative estimate of drug-likeness (QED) is 0.0472. The zero-order valence-electron chi connectivity index (χ0n) is 35.6. The van der Waals surface area contributed by atoms with Crippen LogP contribution in [0, 0.1) is 69.8 Å². The average Bonchev–Trinajstić information content (AvgIpc) is 4.21. The van der Waals surface area contributed by atoms with E-state index >= 15 is 52.7 Å². The largest absolute Gasteiger partial charge is 0.389 e. The summed E-state index contributed by atoms with van der Waals surface area (Å²) >= 11 is 0. The molecule has 0 saturated heterocycles. The highest BCUT2D eigenvalue weighted by molar-refractivity contribution is 6.01. The Bertz CT molecular complexity index is 3390. The highest BCUT2D eigenvalue weighted by atomic mass is 19.2. The van der Waals surface area contributed by atoms with Crippen LogP contribution in [-0.4, -0.2) is 88.5 Å². The van der Waals surface area contributed by atoms with Crippen molar-refractivity contribution in [2.45, 2.75) is 36.6 Å². The molecule has 0 fully saturated rings. The number of aromatic nitrogens is 4.